The van der Waals surface area contributed by atoms with Crippen LogP contribution in [-0.2, 0) is 6.54 Å². The van der Waals surface area contributed by atoms with Gasteiger partial charge >= 0.3 is 0 Å². The first kappa shape index (κ1) is 20.4. The molecule has 172 valence electrons. The lowest BCUT2D eigenvalue weighted by Gasteiger charge is -2.09. The molecule has 6 rings (SSSR count). The van der Waals surface area contributed by atoms with E-state index in [9.17, 15) is 4.79 Å². The molecule has 4 aromatic heterocycles. The smallest absolute Gasteiger partial charge is 0.255 e. The lowest BCUT2D eigenvalue weighted by Crippen LogP contribution is -2.13. The number of amides is 1. The van der Waals surface area contributed by atoms with E-state index >= 15 is 0 Å². The maximum Gasteiger partial charge on any atom is 0.255 e. The van der Waals surface area contributed by atoms with Gasteiger partial charge in [0.25, 0.3) is 5.91 Å². The standard InChI is InChI=1S/C24H19N9O2/c25-17-4-1-2-5-18(17)28-23(34)15-9-7-14(8-10-15)13-32-21-16(12-27-32)22-29-20(19-6-3-11-35-19)31-33(22)24(26)30-21/h1-12H,13,25H2,(H2,26,30)(H,28,34). The van der Waals surface area contributed by atoms with Crippen molar-refractivity contribution >= 4 is 39.9 Å². The Labute approximate surface area is 198 Å². The third-order valence-corrected chi connectivity index (χ3v) is 5.60. The van der Waals surface area contributed by atoms with Gasteiger partial charge in [0.2, 0.25) is 11.8 Å². The second kappa shape index (κ2) is 7.99. The Hall–Kier alpha value is -5.19. The molecule has 0 radical (unpaired) electrons. The first-order chi connectivity index (χ1) is 17.1. The van der Waals surface area contributed by atoms with E-state index in [1.807, 2.05) is 24.3 Å². The summed E-state index contributed by atoms with van der Waals surface area (Å²) in [5.74, 6) is 0.893. The normalized spacial score (nSPS) is 11.3. The second-order valence-corrected chi connectivity index (χ2v) is 7.90. The van der Waals surface area contributed by atoms with E-state index in [0.717, 1.165) is 5.56 Å². The lowest BCUT2D eigenvalue weighted by molar-refractivity contribution is 0.102. The van der Waals surface area contributed by atoms with E-state index in [1.54, 1.807) is 53.5 Å². The SMILES string of the molecule is Nc1ccccc1NC(=O)c1ccc(Cn2ncc3c2nc(N)n2nc(-c4ccco4)nc32)cc1. The largest absolute Gasteiger partial charge is 0.461 e. The van der Waals surface area contributed by atoms with Crippen LogP contribution in [0.15, 0.2) is 77.5 Å². The Balaban J connectivity index is 1.27. The number of nitrogens with zero attached hydrogens (tertiary/aromatic N) is 6. The molecule has 0 aliphatic heterocycles. The summed E-state index contributed by atoms with van der Waals surface area (Å²) >= 11 is 0. The molecule has 0 fully saturated rings. The predicted molar refractivity (Wildman–Crippen MR) is 131 cm³/mol. The molecule has 0 atom stereocenters. The van der Waals surface area contributed by atoms with Crippen LogP contribution in [-0.4, -0.2) is 35.3 Å². The van der Waals surface area contributed by atoms with E-state index in [1.165, 1.54) is 4.52 Å². The van der Waals surface area contributed by atoms with E-state index in [-0.39, 0.29) is 11.9 Å². The number of hydrogen-bond donors (Lipinski definition) is 3. The Morgan fingerprint density at radius 3 is 2.57 bits per heavy atom. The maximum absolute atomic E-state index is 12.6. The zero-order chi connectivity index (χ0) is 23.9. The summed E-state index contributed by atoms with van der Waals surface area (Å²) in [5.41, 5.74) is 15.7. The molecule has 0 aliphatic carbocycles. The molecular formula is C24H19N9O2. The van der Waals surface area contributed by atoms with Crippen molar-refractivity contribution in [2.45, 2.75) is 6.54 Å². The fraction of sp³-hybridized carbons (Fsp3) is 0.0417. The van der Waals surface area contributed by atoms with E-state index in [4.69, 9.17) is 15.9 Å². The van der Waals surface area contributed by atoms with Crippen molar-refractivity contribution in [1.82, 2.24) is 29.4 Å². The minimum absolute atomic E-state index is 0.187. The zero-order valence-corrected chi connectivity index (χ0v) is 18.3. The van der Waals surface area contributed by atoms with Crippen molar-refractivity contribution in [3.8, 4) is 11.6 Å². The highest BCUT2D eigenvalue weighted by Crippen LogP contribution is 2.24. The van der Waals surface area contributed by atoms with Crippen LogP contribution in [0, 0.1) is 0 Å². The number of carbonyl (C=O) groups is 1. The van der Waals surface area contributed by atoms with Crippen LogP contribution < -0.4 is 16.8 Å². The predicted octanol–water partition coefficient (Wildman–Crippen LogP) is 3.20. The van der Waals surface area contributed by atoms with Gasteiger partial charge in [-0.3, -0.25) is 4.79 Å². The van der Waals surface area contributed by atoms with Crippen molar-refractivity contribution in [3.05, 3.63) is 84.3 Å². The van der Waals surface area contributed by atoms with Crippen LogP contribution in [0.25, 0.3) is 28.3 Å². The van der Waals surface area contributed by atoms with E-state index < -0.39 is 0 Å². The summed E-state index contributed by atoms with van der Waals surface area (Å²) in [6, 6.07) is 17.9. The van der Waals surface area contributed by atoms with Crippen LogP contribution in [0.3, 0.4) is 0 Å². The van der Waals surface area contributed by atoms with Gasteiger partial charge in [-0.15, -0.1) is 5.10 Å². The van der Waals surface area contributed by atoms with E-state index in [0.29, 0.717) is 51.7 Å². The molecule has 6 aromatic rings. The number of nitrogen functional groups attached to an aromatic ring is 2. The Kier molecular flexibility index (Phi) is 4.66. The number of carbonyl (C=O) groups excluding carboxylic acids is 1. The molecule has 0 spiro atoms. The molecule has 5 N–H and O–H groups in total. The van der Waals surface area contributed by atoms with Gasteiger partial charge in [-0.05, 0) is 42.0 Å². The lowest BCUT2D eigenvalue weighted by atomic mass is 10.1. The number of para-hydroxylation sites is 2. The Morgan fingerprint density at radius 2 is 1.80 bits per heavy atom. The molecule has 0 unspecified atom stereocenters. The third-order valence-electron chi connectivity index (χ3n) is 5.60. The number of furan rings is 1. The number of rotatable bonds is 5. The van der Waals surface area contributed by atoms with Gasteiger partial charge in [0.1, 0.15) is 0 Å². The Bertz CT molecular complexity index is 1680. The molecule has 35 heavy (non-hydrogen) atoms. The topological polar surface area (TPSA) is 155 Å². The number of anilines is 3. The number of nitrogens with two attached hydrogens (primary N) is 2. The summed E-state index contributed by atoms with van der Waals surface area (Å²) < 4.78 is 8.60. The fourth-order valence-electron chi connectivity index (χ4n) is 3.82. The molecule has 4 heterocycles. The molecule has 11 heteroatoms. The van der Waals surface area contributed by atoms with Crippen molar-refractivity contribution in [2.24, 2.45) is 0 Å². The van der Waals surface area contributed by atoms with Crippen LogP contribution in [0.4, 0.5) is 17.3 Å². The van der Waals surface area contributed by atoms with Crippen LogP contribution in [0.2, 0.25) is 0 Å². The molecule has 0 saturated heterocycles. The maximum atomic E-state index is 12.6. The summed E-state index contributed by atoms with van der Waals surface area (Å²) in [6.45, 7) is 0.429. The van der Waals surface area contributed by atoms with Gasteiger partial charge < -0.3 is 21.2 Å². The first-order valence-electron chi connectivity index (χ1n) is 10.7. The van der Waals surface area contributed by atoms with Crippen LogP contribution >= 0.6 is 0 Å². The monoisotopic (exact) mass is 465 g/mol. The van der Waals surface area contributed by atoms with Crippen LogP contribution in [0.1, 0.15) is 15.9 Å². The molecule has 1 amide bonds. The van der Waals surface area contributed by atoms with Crippen molar-refractivity contribution in [3.63, 3.8) is 0 Å². The summed E-state index contributed by atoms with van der Waals surface area (Å²) in [4.78, 5) is 21.6. The molecule has 0 bridgehead atoms. The fourth-order valence-corrected chi connectivity index (χ4v) is 3.82. The van der Waals surface area contributed by atoms with Crippen molar-refractivity contribution in [1.29, 1.82) is 0 Å². The molecular weight excluding hydrogens is 446 g/mol. The highest BCUT2D eigenvalue weighted by Gasteiger charge is 2.17. The average molecular weight is 465 g/mol. The third kappa shape index (κ3) is 3.60. The average Bonchev–Trinajstić information content (AvgIpc) is 3.61. The second-order valence-electron chi connectivity index (χ2n) is 7.90. The van der Waals surface area contributed by atoms with E-state index in [2.05, 4.69) is 25.5 Å². The number of fused-ring (bicyclic) bond motifs is 3. The minimum atomic E-state index is -0.241. The molecule has 11 nitrogen and oxygen atoms in total. The molecule has 0 aliphatic rings. The molecule has 2 aromatic carbocycles. The number of aromatic nitrogens is 6. The van der Waals surface area contributed by atoms with Crippen molar-refractivity contribution < 1.29 is 9.21 Å². The summed E-state index contributed by atoms with van der Waals surface area (Å²) in [7, 11) is 0. The van der Waals surface area contributed by atoms with Crippen LogP contribution in [0.5, 0.6) is 0 Å². The molecule has 0 saturated carbocycles. The minimum Gasteiger partial charge on any atom is -0.461 e. The number of hydrogen-bond acceptors (Lipinski definition) is 8. The van der Waals surface area contributed by atoms with Gasteiger partial charge in [0.15, 0.2) is 17.1 Å². The van der Waals surface area contributed by atoms with Crippen molar-refractivity contribution in [2.75, 3.05) is 16.8 Å². The van der Waals surface area contributed by atoms with Gasteiger partial charge in [0, 0.05) is 5.56 Å². The summed E-state index contributed by atoms with van der Waals surface area (Å²) in [6.07, 6.45) is 3.24. The number of nitrogens with one attached hydrogen (secondary N) is 1. The highest BCUT2D eigenvalue weighted by molar-refractivity contribution is 6.05. The number of benzene rings is 2. The van der Waals surface area contributed by atoms with Gasteiger partial charge in [-0.2, -0.15) is 14.6 Å². The highest BCUT2D eigenvalue weighted by atomic mass is 16.3. The van der Waals surface area contributed by atoms with Gasteiger partial charge in [-0.25, -0.2) is 9.67 Å². The van der Waals surface area contributed by atoms with Gasteiger partial charge in [0.05, 0.1) is 35.8 Å². The summed E-state index contributed by atoms with van der Waals surface area (Å²) in [5, 5.41) is 12.4. The Morgan fingerprint density at radius 1 is 0.971 bits per heavy atom. The van der Waals surface area contributed by atoms with Gasteiger partial charge in [-0.1, -0.05) is 24.3 Å². The first-order valence-corrected chi connectivity index (χ1v) is 10.7. The quantitative estimate of drug-likeness (QED) is 0.328. The zero-order valence-electron chi connectivity index (χ0n) is 18.3.